The summed E-state index contributed by atoms with van der Waals surface area (Å²) in [7, 11) is 0. The molecule has 1 fully saturated rings. The Bertz CT molecular complexity index is 739. The van der Waals surface area contributed by atoms with Crippen LogP contribution in [0.25, 0.3) is 0 Å². The first-order chi connectivity index (χ1) is 12.1. The Balaban J connectivity index is 0.00000243. The van der Waals surface area contributed by atoms with E-state index in [0.717, 1.165) is 43.1 Å². The van der Waals surface area contributed by atoms with Crippen LogP contribution >= 0.6 is 24.0 Å². The molecule has 1 amide bonds. The number of aromatic nitrogens is 2. The molecule has 0 spiro atoms. The number of carbonyl (C=O) groups excluding carboxylic acids is 1. The number of halogens is 2. The number of hydrogen-bond acceptors (Lipinski definition) is 3. The third-order valence-corrected chi connectivity index (χ3v) is 5.64. The Morgan fingerprint density at radius 2 is 2.12 bits per heavy atom. The minimum absolute atomic E-state index is 0. The van der Waals surface area contributed by atoms with E-state index in [2.05, 4.69) is 16.5 Å². The van der Waals surface area contributed by atoms with Crippen molar-refractivity contribution >= 4 is 35.7 Å². The number of amides is 1. The van der Waals surface area contributed by atoms with Gasteiger partial charge in [-0.2, -0.15) is 5.10 Å². The lowest BCUT2D eigenvalue weighted by Crippen LogP contribution is -2.41. The number of nitrogens with two attached hydrogens (primary N) is 1. The number of rotatable bonds is 5. The zero-order valence-electron chi connectivity index (χ0n) is 15.0. The molecule has 142 valence electrons. The zero-order chi connectivity index (χ0) is 17.9. The van der Waals surface area contributed by atoms with Gasteiger partial charge in [-0.05, 0) is 50.3 Å². The number of anilines is 1. The Hall–Kier alpha value is -1.56. The fourth-order valence-corrected chi connectivity index (χ4v) is 3.97. The molecule has 7 heteroatoms. The molecule has 1 aliphatic rings. The van der Waals surface area contributed by atoms with Crippen LogP contribution in [-0.2, 0) is 16.8 Å². The molecule has 0 bridgehead atoms. The SMILES string of the molecule is CCn1nccc1NC(=O)C1CCC(CN)(c2cccc(Cl)c2)CC1.Cl. The topological polar surface area (TPSA) is 72.9 Å². The van der Waals surface area contributed by atoms with Gasteiger partial charge in [0.1, 0.15) is 5.82 Å². The predicted molar refractivity (Wildman–Crippen MR) is 108 cm³/mol. The summed E-state index contributed by atoms with van der Waals surface area (Å²) < 4.78 is 1.79. The highest BCUT2D eigenvalue weighted by atomic mass is 35.5. The predicted octanol–water partition coefficient (Wildman–Crippen LogP) is 4.00. The lowest BCUT2D eigenvalue weighted by atomic mass is 9.66. The van der Waals surface area contributed by atoms with Crippen LogP contribution in [-0.4, -0.2) is 22.2 Å². The monoisotopic (exact) mass is 396 g/mol. The van der Waals surface area contributed by atoms with E-state index in [1.807, 2.05) is 31.2 Å². The van der Waals surface area contributed by atoms with E-state index in [0.29, 0.717) is 6.54 Å². The molecule has 26 heavy (non-hydrogen) atoms. The van der Waals surface area contributed by atoms with Gasteiger partial charge in [-0.3, -0.25) is 4.79 Å². The first-order valence-electron chi connectivity index (χ1n) is 8.87. The number of nitrogens with one attached hydrogen (secondary N) is 1. The Morgan fingerprint density at radius 3 is 2.73 bits per heavy atom. The normalized spacial score (nSPS) is 22.5. The van der Waals surface area contributed by atoms with E-state index in [9.17, 15) is 4.79 Å². The van der Waals surface area contributed by atoms with Crippen molar-refractivity contribution in [2.75, 3.05) is 11.9 Å². The molecule has 1 aromatic carbocycles. The fourth-order valence-electron chi connectivity index (χ4n) is 3.78. The van der Waals surface area contributed by atoms with Crippen molar-refractivity contribution in [2.24, 2.45) is 11.7 Å². The average molecular weight is 397 g/mol. The maximum Gasteiger partial charge on any atom is 0.228 e. The van der Waals surface area contributed by atoms with Gasteiger partial charge in [0, 0.05) is 35.5 Å². The summed E-state index contributed by atoms with van der Waals surface area (Å²) in [6, 6.07) is 9.79. The van der Waals surface area contributed by atoms with Crippen molar-refractivity contribution in [2.45, 2.75) is 44.6 Å². The molecular formula is C19H26Cl2N4O. The molecule has 1 saturated carbocycles. The van der Waals surface area contributed by atoms with Crippen molar-refractivity contribution in [1.82, 2.24) is 9.78 Å². The van der Waals surface area contributed by atoms with Gasteiger partial charge in [0.05, 0.1) is 6.20 Å². The van der Waals surface area contributed by atoms with E-state index in [1.54, 1.807) is 10.9 Å². The molecule has 0 atom stereocenters. The van der Waals surface area contributed by atoms with Crippen LogP contribution in [0.4, 0.5) is 5.82 Å². The summed E-state index contributed by atoms with van der Waals surface area (Å²) in [5.41, 5.74) is 7.24. The second kappa shape index (κ2) is 8.89. The van der Waals surface area contributed by atoms with Gasteiger partial charge in [-0.25, -0.2) is 4.68 Å². The quantitative estimate of drug-likeness (QED) is 0.801. The molecule has 0 radical (unpaired) electrons. The van der Waals surface area contributed by atoms with Crippen LogP contribution in [0.1, 0.15) is 38.2 Å². The maximum atomic E-state index is 12.6. The first-order valence-corrected chi connectivity index (χ1v) is 9.24. The van der Waals surface area contributed by atoms with Crippen molar-refractivity contribution in [3.05, 3.63) is 47.1 Å². The van der Waals surface area contributed by atoms with Crippen LogP contribution in [0.3, 0.4) is 0 Å². The van der Waals surface area contributed by atoms with Gasteiger partial charge < -0.3 is 11.1 Å². The van der Waals surface area contributed by atoms with Crippen molar-refractivity contribution < 1.29 is 4.79 Å². The van der Waals surface area contributed by atoms with E-state index in [4.69, 9.17) is 17.3 Å². The largest absolute Gasteiger partial charge is 0.330 e. The Kier molecular flexibility index (Phi) is 7.09. The smallest absolute Gasteiger partial charge is 0.228 e. The Morgan fingerprint density at radius 1 is 1.38 bits per heavy atom. The first kappa shape index (κ1) is 20.7. The highest BCUT2D eigenvalue weighted by Gasteiger charge is 2.38. The van der Waals surface area contributed by atoms with E-state index in [-0.39, 0.29) is 29.6 Å². The van der Waals surface area contributed by atoms with Gasteiger partial charge in [-0.1, -0.05) is 23.7 Å². The molecule has 0 unspecified atom stereocenters. The van der Waals surface area contributed by atoms with Crippen LogP contribution in [0.2, 0.25) is 5.02 Å². The fraction of sp³-hybridized carbons (Fsp3) is 0.474. The van der Waals surface area contributed by atoms with Crippen molar-refractivity contribution in [1.29, 1.82) is 0 Å². The van der Waals surface area contributed by atoms with Crippen LogP contribution in [0.5, 0.6) is 0 Å². The lowest BCUT2D eigenvalue weighted by molar-refractivity contribution is -0.121. The summed E-state index contributed by atoms with van der Waals surface area (Å²) in [5, 5.41) is 7.94. The molecule has 5 nitrogen and oxygen atoms in total. The third-order valence-electron chi connectivity index (χ3n) is 5.41. The molecule has 1 heterocycles. The summed E-state index contributed by atoms with van der Waals surface area (Å²) >= 11 is 6.16. The Labute approximate surface area is 165 Å². The summed E-state index contributed by atoms with van der Waals surface area (Å²) in [4.78, 5) is 12.6. The highest BCUT2D eigenvalue weighted by Crippen LogP contribution is 2.41. The number of benzene rings is 1. The average Bonchev–Trinajstić information content (AvgIpc) is 3.09. The highest BCUT2D eigenvalue weighted by molar-refractivity contribution is 6.30. The van der Waals surface area contributed by atoms with Crippen molar-refractivity contribution in [3.8, 4) is 0 Å². The van der Waals surface area contributed by atoms with Gasteiger partial charge in [0.2, 0.25) is 5.91 Å². The molecule has 0 saturated heterocycles. The third kappa shape index (κ3) is 4.22. The molecular weight excluding hydrogens is 371 g/mol. The standard InChI is InChI=1S/C19H25ClN4O.ClH/c1-2-24-17(8-11-22-24)23-18(25)14-6-9-19(13-21,10-7-14)15-4-3-5-16(20)12-15;/h3-5,8,11-12,14H,2,6-7,9-10,13,21H2,1H3,(H,23,25);1H. The number of hydrogen-bond donors (Lipinski definition) is 2. The number of nitrogens with zero attached hydrogens (tertiary/aromatic N) is 2. The van der Waals surface area contributed by atoms with Crippen LogP contribution in [0.15, 0.2) is 36.5 Å². The maximum absolute atomic E-state index is 12.6. The van der Waals surface area contributed by atoms with Crippen LogP contribution in [0, 0.1) is 5.92 Å². The summed E-state index contributed by atoms with van der Waals surface area (Å²) in [6.07, 6.45) is 5.16. The van der Waals surface area contributed by atoms with Gasteiger partial charge in [0.15, 0.2) is 0 Å². The molecule has 2 aromatic rings. The van der Waals surface area contributed by atoms with E-state index >= 15 is 0 Å². The molecule has 1 aliphatic carbocycles. The molecule has 1 aromatic heterocycles. The van der Waals surface area contributed by atoms with Gasteiger partial charge in [-0.15, -0.1) is 12.4 Å². The number of aryl methyl sites for hydroxylation is 1. The van der Waals surface area contributed by atoms with Gasteiger partial charge >= 0.3 is 0 Å². The summed E-state index contributed by atoms with van der Waals surface area (Å²) in [6.45, 7) is 3.31. The zero-order valence-corrected chi connectivity index (χ0v) is 16.5. The summed E-state index contributed by atoms with van der Waals surface area (Å²) in [5.74, 6) is 0.851. The second-order valence-electron chi connectivity index (χ2n) is 6.79. The lowest BCUT2D eigenvalue weighted by Gasteiger charge is -2.39. The molecule has 0 aliphatic heterocycles. The van der Waals surface area contributed by atoms with E-state index < -0.39 is 0 Å². The van der Waals surface area contributed by atoms with Gasteiger partial charge in [0.25, 0.3) is 0 Å². The minimum atomic E-state index is -0.0765. The van der Waals surface area contributed by atoms with Crippen molar-refractivity contribution in [3.63, 3.8) is 0 Å². The number of carbonyl (C=O) groups is 1. The molecule has 3 N–H and O–H groups in total. The molecule has 3 rings (SSSR count). The van der Waals surface area contributed by atoms with E-state index in [1.165, 1.54) is 5.56 Å². The minimum Gasteiger partial charge on any atom is -0.330 e. The second-order valence-corrected chi connectivity index (χ2v) is 7.23. The van der Waals surface area contributed by atoms with Crippen LogP contribution < -0.4 is 11.1 Å².